The van der Waals surface area contributed by atoms with Crippen LogP contribution in [0.1, 0.15) is 29.9 Å². The summed E-state index contributed by atoms with van der Waals surface area (Å²) in [5, 5.41) is 11.9. The van der Waals surface area contributed by atoms with Crippen LogP contribution >= 0.6 is 0 Å². The van der Waals surface area contributed by atoms with E-state index in [0.29, 0.717) is 25.3 Å². The van der Waals surface area contributed by atoms with Gasteiger partial charge in [-0.25, -0.2) is 14.8 Å². The lowest BCUT2D eigenvalue weighted by Crippen LogP contribution is -2.61. The minimum absolute atomic E-state index is 0.0651. The lowest BCUT2D eigenvalue weighted by molar-refractivity contribution is -0.135. The van der Waals surface area contributed by atoms with Gasteiger partial charge in [0.05, 0.1) is 11.2 Å². The molecule has 0 aliphatic carbocycles. The number of hydrogen-bond donors (Lipinski definition) is 2. The van der Waals surface area contributed by atoms with Crippen molar-refractivity contribution in [3.63, 3.8) is 0 Å². The number of amides is 1. The highest BCUT2D eigenvalue weighted by Crippen LogP contribution is 2.20. The number of carboxylic acid groups (broad SMARTS) is 1. The van der Waals surface area contributed by atoms with Crippen molar-refractivity contribution in [1.82, 2.24) is 20.2 Å². The van der Waals surface area contributed by atoms with Gasteiger partial charge in [-0.2, -0.15) is 0 Å². The second-order valence-corrected chi connectivity index (χ2v) is 4.92. The smallest absolute Gasteiger partial charge is 0.339 e. The van der Waals surface area contributed by atoms with Crippen LogP contribution in [0.25, 0.3) is 0 Å². The van der Waals surface area contributed by atoms with Crippen molar-refractivity contribution in [3.8, 4) is 0 Å². The molecule has 2 rings (SSSR count). The summed E-state index contributed by atoms with van der Waals surface area (Å²) in [7, 11) is 0. The van der Waals surface area contributed by atoms with Gasteiger partial charge < -0.3 is 10.4 Å². The maximum absolute atomic E-state index is 11.8. The Morgan fingerprint density at radius 2 is 2.32 bits per heavy atom. The van der Waals surface area contributed by atoms with Crippen molar-refractivity contribution >= 4 is 11.9 Å². The van der Waals surface area contributed by atoms with Crippen molar-refractivity contribution in [3.05, 3.63) is 23.8 Å². The number of carbonyl (C=O) groups excluding carboxylic acids is 1. The predicted octanol–water partition coefficient (Wildman–Crippen LogP) is -0.115. The van der Waals surface area contributed by atoms with Gasteiger partial charge in [-0.1, -0.05) is 0 Å². The van der Waals surface area contributed by atoms with E-state index >= 15 is 0 Å². The predicted molar refractivity (Wildman–Crippen MR) is 66.5 cm³/mol. The van der Waals surface area contributed by atoms with E-state index in [2.05, 4.69) is 15.3 Å². The molecule has 0 aromatic carbocycles. The highest BCUT2D eigenvalue weighted by atomic mass is 16.4. The Morgan fingerprint density at radius 1 is 1.58 bits per heavy atom. The lowest BCUT2D eigenvalue weighted by atomic mass is 9.98. The van der Waals surface area contributed by atoms with Crippen LogP contribution in [0.2, 0.25) is 0 Å². The first-order valence-corrected chi connectivity index (χ1v) is 5.98. The van der Waals surface area contributed by atoms with Gasteiger partial charge in [0.15, 0.2) is 0 Å². The summed E-state index contributed by atoms with van der Waals surface area (Å²) in [4.78, 5) is 32.6. The van der Waals surface area contributed by atoms with Crippen LogP contribution in [0.15, 0.2) is 12.5 Å². The summed E-state index contributed by atoms with van der Waals surface area (Å²) in [6, 6.07) is 0. The van der Waals surface area contributed by atoms with E-state index in [4.69, 9.17) is 5.11 Å². The third-order valence-corrected chi connectivity index (χ3v) is 3.38. The molecule has 1 amide bonds. The highest BCUT2D eigenvalue weighted by molar-refractivity contribution is 5.88. The summed E-state index contributed by atoms with van der Waals surface area (Å²) in [6.07, 6.45) is 2.60. The summed E-state index contributed by atoms with van der Waals surface area (Å²) in [5.74, 6) is -1.13. The molecule has 0 atom stereocenters. The number of piperazine rings is 1. The van der Waals surface area contributed by atoms with E-state index in [9.17, 15) is 9.59 Å². The molecule has 102 valence electrons. The molecule has 0 radical (unpaired) electrons. The van der Waals surface area contributed by atoms with Crippen LogP contribution in [-0.2, 0) is 11.3 Å². The zero-order valence-electron chi connectivity index (χ0n) is 10.9. The third-order valence-electron chi connectivity index (χ3n) is 3.38. The van der Waals surface area contributed by atoms with Crippen LogP contribution < -0.4 is 5.32 Å². The molecule has 0 spiro atoms. The molecule has 0 saturated carbocycles. The fourth-order valence-electron chi connectivity index (χ4n) is 2.06. The van der Waals surface area contributed by atoms with E-state index in [1.807, 2.05) is 18.7 Å². The number of rotatable bonds is 3. The molecule has 19 heavy (non-hydrogen) atoms. The summed E-state index contributed by atoms with van der Waals surface area (Å²) < 4.78 is 0. The standard InChI is InChI=1S/C12H16N4O3/c1-12(2)11(19)14-3-4-16(12)6-9-8(10(17)18)5-13-7-15-9/h5,7H,3-4,6H2,1-2H3,(H,14,19)(H,17,18). The highest BCUT2D eigenvalue weighted by Gasteiger charge is 2.38. The van der Waals surface area contributed by atoms with Crippen LogP contribution in [0.4, 0.5) is 0 Å². The van der Waals surface area contributed by atoms with Crippen molar-refractivity contribution < 1.29 is 14.7 Å². The quantitative estimate of drug-likeness (QED) is 0.790. The normalized spacial score (nSPS) is 18.9. The van der Waals surface area contributed by atoms with Gasteiger partial charge in [-0.05, 0) is 13.8 Å². The Hall–Kier alpha value is -2.02. The Balaban J connectivity index is 2.26. The van der Waals surface area contributed by atoms with E-state index in [1.165, 1.54) is 12.5 Å². The third kappa shape index (κ3) is 2.55. The Kier molecular flexibility index (Phi) is 3.48. The molecular formula is C12H16N4O3. The second-order valence-electron chi connectivity index (χ2n) is 4.92. The summed E-state index contributed by atoms with van der Waals surface area (Å²) >= 11 is 0. The fourth-order valence-corrected chi connectivity index (χ4v) is 2.06. The number of hydrogen-bond acceptors (Lipinski definition) is 5. The summed E-state index contributed by atoms with van der Waals surface area (Å²) in [6.45, 7) is 5.13. The lowest BCUT2D eigenvalue weighted by Gasteiger charge is -2.41. The van der Waals surface area contributed by atoms with Crippen molar-refractivity contribution in [2.45, 2.75) is 25.9 Å². The molecule has 2 N–H and O–H groups in total. The molecule has 1 aromatic heterocycles. The average molecular weight is 264 g/mol. The molecule has 1 aliphatic rings. The Bertz CT molecular complexity index is 515. The summed E-state index contributed by atoms with van der Waals surface area (Å²) in [5.41, 5.74) is -0.187. The maximum atomic E-state index is 11.8. The van der Waals surface area contributed by atoms with Crippen LogP contribution in [0.3, 0.4) is 0 Å². The first-order valence-electron chi connectivity index (χ1n) is 5.98. The average Bonchev–Trinajstić information content (AvgIpc) is 2.36. The van der Waals surface area contributed by atoms with Crippen molar-refractivity contribution in [1.29, 1.82) is 0 Å². The molecule has 1 saturated heterocycles. The van der Waals surface area contributed by atoms with Gasteiger partial charge in [0.1, 0.15) is 11.9 Å². The number of nitrogens with zero attached hydrogens (tertiary/aromatic N) is 3. The van der Waals surface area contributed by atoms with Crippen LogP contribution in [-0.4, -0.2) is 50.5 Å². The minimum atomic E-state index is -1.06. The van der Waals surface area contributed by atoms with Crippen molar-refractivity contribution in [2.75, 3.05) is 13.1 Å². The van der Waals surface area contributed by atoms with E-state index in [0.717, 1.165) is 0 Å². The largest absolute Gasteiger partial charge is 0.478 e. The molecule has 0 unspecified atom stereocenters. The SMILES string of the molecule is CC1(C)C(=O)NCCN1Cc1ncncc1C(=O)O. The Labute approximate surface area is 110 Å². The number of carbonyl (C=O) groups is 2. The Morgan fingerprint density at radius 3 is 3.00 bits per heavy atom. The zero-order chi connectivity index (χ0) is 14.0. The van der Waals surface area contributed by atoms with Gasteiger partial charge in [0.25, 0.3) is 0 Å². The zero-order valence-corrected chi connectivity index (χ0v) is 10.9. The molecule has 1 aliphatic heterocycles. The van der Waals surface area contributed by atoms with Gasteiger partial charge in [-0.15, -0.1) is 0 Å². The first-order chi connectivity index (χ1) is 8.93. The maximum Gasteiger partial charge on any atom is 0.339 e. The van der Waals surface area contributed by atoms with Gasteiger partial charge >= 0.3 is 5.97 Å². The molecule has 7 nitrogen and oxygen atoms in total. The minimum Gasteiger partial charge on any atom is -0.478 e. The molecule has 2 heterocycles. The van der Waals surface area contributed by atoms with Crippen molar-refractivity contribution in [2.24, 2.45) is 0 Å². The number of aromatic carboxylic acids is 1. The molecular weight excluding hydrogens is 248 g/mol. The van der Waals surface area contributed by atoms with E-state index < -0.39 is 11.5 Å². The molecule has 1 fully saturated rings. The molecule has 1 aromatic rings. The van der Waals surface area contributed by atoms with E-state index in [-0.39, 0.29) is 11.5 Å². The number of nitrogens with one attached hydrogen (secondary N) is 1. The van der Waals surface area contributed by atoms with Crippen LogP contribution in [0.5, 0.6) is 0 Å². The van der Waals surface area contributed by atoms with Gasteiger partial charge in [0, 0.05) is 25.8 Å². The van der Waals surface area contributed by atoms with Crippen LogP contribution in [0, 0.1) is 0 Å². The fraction of sp³-hybridized carbons (Fsp3) is 0.500. The van der Waals surface area contributed by atoms with Gasteiger partial charge in [0.2, 0.25) is 5.91 Å². The second kappa shape index (κ2) is 4.93. The number of carboxylic acids is 1. The van der Waals surface area contributed by atoms with E-state index in [1.54, 1.807) is 0 Å². The topological polar surface area (TPSA) is 95.4 Å². The molecule has 0 bridgehead atoms. The molecule has 7 heteroatoms. The number of aromatic nitrogens is 2. The monoisotopic (exact) mass is 264 g/mol. The van der Waals surface area contributed by atoms with Gasteiger partial charge in [-0.3, -0.25) is 9.69 Å². The first kappa shape index (κ1) is 13.4.